The van der Waals surface area contributed by atoms with Gasteiger partial charge in [0.25, 0.3) is 20.0 Å². The van der Waals surface area contributed by atoms with Gasteiger partial charge in [0.05, 0.1) is 60.7 Å². The maximum atomic E-state index is 13.9. The highest BCUT2D eigenvalue weighted by Crippen LogP contribution is 2.36. The van der Waals surface area contributed by atoms with Gasteiger partial charge in [0.2, 0.25) is 0 Å². The smallest absolute Gasteiger partial charge is 0.270 e. The van der Waals surface area contributed by atoms with Gasteiger partial charge >= 0.3 is 0 Å². The van der Waals surface area contributed by atoms with Crippen LogP contribution in [0.1, 0.15) is 35.6 Å². The highest BCUT2D eigenvalue weighted by Gasteiger charge is 2.30. The first-order valence-electron chi connectivity index (χ1n) is 20.4. The molecule has 2 aliphatic heterocycles. The molecule has 0 aliphatic carbocycles. The summed E-state index contributed by atoms with van der Waals surface area (Å²) in [5.74, 6) is 2.21. The van der Waals surface area contributed by atoms with E-state index in [4.69, 9.17) is 0 Å². The van der Waals surface area contributed by atoms with Gasteiger partial charge in [-0.25, -0.2) is 44.7 Å². The zero-order valence-corrected chi connectivity index (χ0v) is 40.4. The van der Waals surface area contributed by atoms with Crippen LogP contribution < -0.4 is 0 Å². The lowest BCUT2D eigenvalue weighted by atomic mass is 10.2. The maximum absolute atomic E-state index is 13.9. The number of aromatic nitrogens is 12. The Labute approximate surface area is 390 Å². The average molecular weight is 1070 g/mol. The fourth-order valence-corrected chi connectivity index (χ4v) is 13.1. The molecule has 0 unspecified atom stereocenters. The van der Waals surface area contributed by atoms with Gasteiger partial charge in [-0.3, -0.25) is 9.36 Å². The van der Waals surface area contributed by atoms with Crippen LogP contribution in [0.2, 0.25) is 0 Å². The van der Waals surface area contributed by atoms with Crippen LogP contribution in [0, 0.1) is 17.5 Å². The van der Waals surface area contributed by atoms with E-state index in [2.05, 4.69) is 55.2 Å². The predicted octanol–water partition coefficient (Wildman–Crippen LogP) is 7.94. The van der Waals surface area contributed by atoms with Crippen molar-refractivity contribution in [1.29, 1.82) is 0 Å². The topological polar surface area (TPSA) is 175 Å². The molecule has 2 aromatic carbocycles. The van der Waals surface area contributed by atoms with Crippen molar-refractivity contribution >= 4 is 102 Å². The molecule has 0 radical (unpaired) electrons. The number of pyridine rings is 2. The van der Waals surface area contributed by atoms with Crippen molar-refractivity contribution in [3.8, 4) is 11.4 Å². The molecule has 10 aromatic rings. The summed E-state index contributed by atoms with van der Waals surface area (Å²) in [5, 5.41) is 11.8. The lowest BCUT2D eigenvalue weighted by molar-refractivity contribution is 0.586. The largest absolute Gasteiger partial charge is 0.327 e. The van der Waals surface area contributed by atoms with Crippen LogP contribution in [0.3, 0.4) is 0 Å². The Morgan fingerprint density at radius 1 is 0.578 bits per heavy atom. The van der Waals surface area contributed by atoms with Gasteiger partial charge < -0.3 is 9.13 Å². The molecule has 0 bridgehead atoms. The quantitative estimate of drug-likeness (QED) is 0.154. The second-order valence-electron chi connectivity index (χ2n) is 15.9. The normalized spacial score (nSPS) is 13.7. The van der Waals surface area contributed by atoms with Crippen LogP contribution in [0.15, 0.2) is 112 Å². The zero-order chi connectivity index (χ0) is 44.7. The lowest BCUT2D eigenvalue weighted by Gasteiger charge is -2.12. The van der Waals surface area contributed by atoms with E-state index < -0.39 is 20.0 Å². The van der Waals surface area contributed by atoms with Gasteiger partial charge in [0, 0.05) is 74.0 Å². The Morgan fingerprint density at radius 2 is 1.06 bits per heavy atom. The lowest BCUT2D eigenvalue weighted by Crippen LogP contribution is -2.15. The number of fused-ring (bicyclic) bond motifs is 8. The Morgan fingerprint density at radius 3 is 1.62 bits per heavy atom. The highest BCUT2D eigenvalue weighted by atomic mass is 127. The summed E-state index contributed by atoms with van der Waals surface area (Å²) in [7, 11) is -3.93. The predicted molar refractivity (Wildman–Crippen MR) is 256 cm³/mol. The molecule has 0 spiro atoms. The fraction of sp³-hybridized carbons (Fsp3) is 0.227. The highest BCUT2D eigenvalue weighted by molar-refractivity contribution is 14.1. The summed E-state index contributed by atoms with van der Waals surface area (Å²) in [5.41, 5.74) is 5.89. The number of nitrogens with zero attached hydrogens (tertiary/aromatic N) is 12. The van der Waals surface area contributed by atoms with Gasteiger partial charge in [0.1, 0.15) is 16.3 Å². The van der Waals surface area contributed by atoms with Crippen molar-refractivity contribution in [3.05, 3.63) is 129 Å². The van der Waals surface area contributed by atoms with E-state index in [9.17, 15) is 16.8 Å². The monoisotopic (exact) mass is 1070 g/mol. The number of rotatable bonds is 5. The second kappa shape index (κ2) is 16.1. The summed E-state index contributed by atoms with van der Waals surface area (Å²) >= 11 is 5.45. The van der Waals surface area contributed by atoms with E-state index in [0.717, 1.165) is 92.2 Å². The Kier molecular flexibility index (Phi) is 10.6. The average Bonchev–Trinajstić information content (AvgIpc) is 4.13. The van der Waals surface area contributed by atoms with Crippen molar-refractivity contribution in [2.24, 2.45) is 14.1 Å². The maximum Gasteiger partial charge on any atom is 0.270 e. The molecule has 0 saturated carbocycles. The zero-order valence-electron chi connectivity index (χ0n) is 35.1. The third-order valence-corrected chi connectivity index (χ3v) is 16.9. The molecule has 0 amide bonds. The molecule has 20 heteroatoms. The van der Waals surface area contributed by atoms with Gasteiger partial charge in [-0.2, -0.15) is 10.2 Å². The van der Waals surface area contributed by atoms with E-state index in [1.54, 1.807) is 76.7 Å². The second-order valence-corrected chi connectivity index (χ2v) is 21.4. The summed E-state index contributed by atoms with van der Waals surface area (Å²) in [6, 6.07) is 17.5. The minimum Gasteiger partial charge on any atom is -0.327 e. The Hall–Kier alpha value is -5.71. The molecular formula is C44H40BrIN12O4S2. The van der Waals surface area contributed by atoms with Crippen LogP contribution in [0.5, 0.6) is 0 Å². The van der Waals surface area contributed by atoms with Gasteiger partial charge in [-0.05, 0) is 102 Å². The van der Waals surface area contributed by atoms with Crippen molar-refractivity contribution in [1.82, 2.24) is 56.6 Å². The van der Waals surface area contributed by atoms with Crippen LogP contribution >= 0.6 is 38.5 Å². The minimum absolute atomic E-state index is 0.227. The number of halogens is 2. The molecule has 10 heterocycles. The summed E-state index contributed by atoms with van der Waals surface area (Å²) in [6.07, 6.45) is 14.7. The van der Waals surface area contributed by atoms with E-state index in [-0.39, 0.29) is 9.79 Å². The molecule has 0 saturated heterocycles. The SMILES string of the molecule is Brc1cnc2n1CCC2.Cc1ccc(S(=O)(=O)n2c(-c3cnc4n3CCC4)cc3c4c(cnc32)cnn4C)cc1.Cc1ccc(S(=O)(=O)n2c(I)cc3c4c(cnc32)cnn4C)cc1. The van der Waals surface area contributed by atoms with Crippen molar-refractivity contribution < 1.29 is 16.8 Å². The molecule has 8 aromatic heterocycles. The molecule has 0 fully saturated rings. The number of imidazole rings is 2. The van der Waals surface area contributed by atoms with Crippen LogP contribution in [-0.4, -0.2) is 73.4 Å². The standard InChI is InChI=1S/C22H20N6O2S.C16H13IN4O2S.C6H7BrN2/c1-14-5-7-16(8-6-14)31(29,30)28-18(19-13-23-20-4-3-9-27(19)20)10-17-21-15(11-24-22(17)28)12-25-26(21)2;1-10-3-5-12(6-4-10)24(22,23)21-14(17)7-13-15-11(8-18-16(13)21)9-19-20(15)2;7-5-4-8-6-2-1-3-9(5)6/h5-8,10-13H,3-4,9H2,1-2H3;3-9H,1-2H3;4H,1-3H2. The summed E-state index contributed by atoms with van der Waals surface area (Å²) < 4.78 is 66.1. The third-order valence-electron chi connectivity index (χ3n) is 11.7. The van der Waals surface area contributed by atoms with E-state index in [1.807, 2.05) is 81.0 Å². The van der Waals surface area contributed by atoms with E-state index >= 15 is 0 Å². The molecule has 16 nitrogen and oxygen atoms in total. The Balaban J connectivity index is 0.000000129. The van der Waals surface area contributed by atoms with Crippen molar-refractivity contribution in [3.63, 3.8) is 0 Å². The number of hydrogen-bond acceptors (Lipinski definition) is 10. The first-order chi connectivity index (χ1) is 30.7. The first kappa shape index (κ1) is 42.3. The molecule has 0 atom stereocenters. The van der Waals surface area contributed by atoms with Gasteiger partial charge in [0.15, 0.2) is 11.3 Å². The third kappa shape index (κ3) is 7.04. The van der Waals surface area contributed by atoms with E-state index in [1.165, 1.54) is 20.2 Å². The molecule has 12 rings (SSSR count). The molecule has 0 N–H and O–H groups in total. The van der Waals surface area contributed by atoms with Gasteiger partial charge in [-0.15, -0.1) is 0 Å². The molecular weight excluding hydrogens is 1030 g/mol. The van der Waals surface area contributed by atoms with Crippen molar-refractivity contribution in [2.75, 3.05) is 0 Å². The van der Waals surface area contributed by atoms with Gasteiger partial charge in [-0.1, -0.05) is 35.4 Å². The first-order valence-corrected chi connectivity index (χ1v) is 25.2. The van der Waals surface area contributed by atoms with Crippen molar-refractivity contribution in [2.45, 2.75) is 62.4 Å². The fourth-order valence-electron chi connectivity index (χ4n) is 8.51. The molecule has 326 valence electrons. The van der Waals surface area contributed by atoms with E-state index in [0.29, 0.717) is 20.7 Å². The molecule has 64 heavy (non-hydrogen) atoms. The van der Waals surface area contributed by atoms with Crippen LogP contribution in [0.25, 0.3) is 55.3 Å². The summed E-state index contributed by atoms with van der Waals surface area (Å²) in [4.78, 5) is 18.2. The number of hydrogen-bond donors (Lipinski definition) is 0. The molecule has 2 aliphatic rings. The van der Waals surface area contributed by atoms with Crippen LogP contribution in [-0.2, 0) is 60.1 Å². The van der Waals surface area contributed by atoms with Crippen LogP contribution in [0.4, 0.5) is 0 Å². The number of aryl methyl sites for hydroxylation is 6. The number of benzene rings is 2. The Bertz CT molecular complexity index is 3680. The summed E-state index contributed by atoms with van der Waals surface area (Å²) in [6.45, 7) is 5.82. The minimum atomic E-state index is -3.89.